The first-order valence-electron chi connectivity index (χ1n) is 27.7. The number of esters is 3. The molecule has 0 heterocycles. The molecule has 1 unspecified atom stereocenters. The second-order valence-corrected chi connectivity index (χ2v) is 27.2. The van der Waals surface area contributed by atoms with Crippen molar-refractivity contribution in [3.05, 3.63) is 34.4 Å². The summed E-state index contributed by atoms with van der Waals surface area (Å²) >= 11 is 0. The van der Waals surface area contributed by atoms with Crippen molar-refractivity contribution >= 4 is 32.2 Å². The maximum Gasteiger partial charge on any atom is 0.314 e. The zero-order valence-electron chi connectivity index (χ0n) is 45.9. The zero-order chi connectivity index (χ0) is 50.9. The minimum absolute atomic E-state index is 0.0516. The summed E-state index contributed by atoms with van der Waals surface area (Å²) in [4.78, 5) is 52.8. The summed E-state index contributed by atoms with van der Waals surface area (Å²) in [6.45, 7) is 23.7. The van der Waals surface area contributed by atoms with Gasteiger partial charge in [-0.25, -0.2) is 0 Å². The molecule has 9 nitrogen and oxygen atoms in total. The van der Waals surface area contributed by atoms with E-state index in [-0.39, 0.29) is 31.1 Å². The van der Waals surface area contributed by atoms with Crippen LogP contribution in [0.2, 0.25) is 18.1 Å². The maximum absolute atomic E-state index is 14.4. The number of hydrogen-bond acceptors (Lipinski definition) is 8. The van der Waals surface area contributed by atoms with Crippen LogP contribution in [-0.2, 0) is 43.2 Å². The first kappa shape index (κ1) is 63.3. The molecule has 10 heteroatoms. The Labute approximate surface area is 418 Å². The summed E-state index contributed by atoms with van der Waals surface area (Å²) in [6, 6.07) is 3.96. The number of unbranched alkanes of at least 4 members (excludes halogenated alkanes) is 24. The molecule has 0 radical (unpaired) electrons. The number of benzene rings is 1. The van der Waals surface area contributed by atoms with Crippen molar-refractivity contribution in [2.24, 2.45) is 0 Å². The Balaban J connectivity index is 3.00. The van der Waals surface area contributed by atoms with E-state index in [0.717, 1.165) is 55.2 Å². The summed E-state index contributed by atoms with van der Waals surface area (Å²) in [6.07, 6.45) is 30.9. The van der Waals surface area contributed by atoms with Crippen molar-refractivity contribution in [1.82, 2.24) is 0 Å². The number of ether oxygens (including phenoxy) is 3. The third kappa shape index (κ3) is 28.8. The van der Waals surface area contributed by atoms with Gasteiger partial charge in [0.25, 0.3) is 0 Å². The van der Waals surface area contributed by atoms with Crippen LogP contribution in [-0.4, -0.2) is 63.2 Å². The SMILES string of the molecule is CCCCCCCCCCCCCCCC(=O)OCC(COC(=O)CCCCCCCCCCCCCCC)OC(=O)C(CC(=O)O)c1cc(C)cc(C)c1C(C)(C)CCO[Si](C)(C)C(C)(C)C. The lowest BCUT2D eigenvalue weighted by Crippen LogP contribution is -2.41. The van der Waals surface area contributed by atoms with E-state index in [4.69, 9.17) is 18.6 Å². The van der Waals surface area contributed by atoms with Crippen LogP contribution in [0.15, 0.2) is 12.1 Å². The van der Waals surface area contributed by atoms with E-state index in [0.29, 0.717) is 31.4 Å². The number of aryl methyl sites for hydroxylation is 2. The first-order chi connectivity index (χ1) is 32.3. The number of carbonyl (C=O) groups excluding carboxylic acids is 3. The van der Waals surface area contributed by atoms with E-state index in [1.165, 1.54) is 116 Å². The molecule has 0 saturated heterocycles. The zero-order valence-corrected chi connectivity index (χ0v) is 46.9. The van der Waals surface area contributed by atoms with Crippen LogP contribution in [0.4, 0.5) is 0 Å². The van der Waals surface area contributed by atoms with E-state index in [9.17, 15) is 24.3 Å². The molecule has 0 aliphatic heterocycles. The largest absolute Gasteiger partial charge is 0.481 e. The Morgan fingerprint density at radius 2 is 0.971 bits per heavy atom. The molecule has 0 bridgehead atoms. The predicted octanol–water partition coefficient (Wildman–Crippen LogP) is 16.5. The first-order valence-corrected chi connectivity index (χ1v) is 30.7. The van der Waals surface area contributed by atoms with Gasteiger partial charge < -0.3 is 23.7 Å². The Morgan fingerprint density at radius 1 is 0.588 bits per heavy atom. The Kier molecular flexibility index (Phi) is 33.7. The Hall–Kier alpha value is -2.72. The molecule has 1 aromatic rings. The van der Waals surface area contributed by atoms with Crippen molar-refractivity contribution in [3.8, 4) is 0 Å². The van der Waals surface area contributed by atoms with Crippen LogP contribution in [0.3, 0.4) is 0 Å². The van der Waals surface area contributed by atoms with Crippen molar-refractivity contribution < 1.29 is 42.9 Å². The highest BCUT2D eigenvalue weighted by Gasteiger charge is 2.39. The number of carboxylic acid groups (broad SMARTS) is 1. The summed E-state index contributed by atoms with van der Waals surface area (Å²) in [7, 11) is -2.02. The topological polar surface area (TPSA) is 125 Å². The molecule has 0 aliphatic rings. The van der Waals surface area contributed by atoms with Gasteiger partial charge in [0.15, 0.2) is 14.4 Å². The van der Waals surface area contributed by atoms with Gasteiger partial charge in [-0.15, -0.1) is 0 Å². The lowest BCUT2D eigenvalue weighted by atomic mass is 9.73. The molecule has 0 saturated carbocycles. The molecule has 68 heavy (non-hydrogen) atoms. The summed E-state index contributed by atoms with van der Waals surface area (Å²) in [5, 5.41) is 10.2. The monoisotopic (exact) mass is 973 g/mol. The Bertz CT molecular complexity index is 1480. The van der Waals surface area contributed by atoms with Gasteiger partial charge in [-0.2, -0.15) is 0 Å². The second kappa shape index (κ2) is 36.2. The number of rotatable bonds is 42. The summed E-state index contributed by atoms with van der Waals surface area (Å²) in [5.74, 6) is -3.83. The molecule has 0 amide bonds. The van der Waals surface area contributed by atoms with Gasteiger partial charge in [0.1, 0.15) is 13.2 Å². The van der Waals surface area contributed by atoms with Gasteiger partial charge in [0.2, 0.25) is 0 Å². The maximum atomic E-state index is 14.4. The molecule has 0 spiro atoms. The predicted molar refractivity (Wildman–Crippen MR) is 284 cm³/mol. The highest BCUT2D eigenvalue weighted by atomic mass is 28.4. The standard InChI is InChI=1S/C58H104O9Si/c1-12-14-16-18-20-22-24-26-28-30-32-34-36-38-53(61)64-45-49(46-65-54(62)39-37-35-33-31-29-27-25-23-21-19-17-15-13-2)67-56(63)51(44-52(59)60)50-43-47(3)42-48(4)55(50)58(8,9)40-41-66-68(10,11)57(5,6)7/h42-43,49,51H,12-41,44-46H2,1-11H3,(H,59,60). The van der Waals surface area contributed by atoms with Gasteiger partial charge in [-0.1, -0.05) is 220 Å². The summed E-state index contributed by atoms with van der Waals surface area (Å²) in [5.41, 5.74) is 2.89. The molecule has 394 valence electrons. The van der Waals surface area contributed by atoms with Gasteiger partial charge in [0.05, 0.1) is 12.3 Å². The number of aliphatic carboxylic acids is 1. The van der Waals surface area contributed by atoms with Crippen molar-refractivity contribution in [2.45, 2.75) is 291 Å². The van der Waals surface area contributed by atoms with Gasteiger partial charge in [-0.3, -0.25) is 19.2 Å². The second-order valence-electron chi connectivity index (χ2n) is 22.3. The lowest BCUT2D eigenvalue weighted by molar-refractivity contribution is -0.168. The van der Waals surface area contributed by atoms with Crippen LogP contribution in [0, 0.1) is 13.8 Å². The molecular weight excluding hydrogens is 869 g/mol. The third-order valence-electron chi connectivity index (χ3n) is 14.3. The smallest absolute Gasteiger partial charge is 0.314 e. The van der Waals surface area contributed by atoms with Crippen molar-refractivity contribution in [1.29, 1.82) is 0 Å². The highest BCUT2D eigenvalue weighted by molar-refractivity contribution is 6.74. The minimum Gasteiger partial charge on any atom is -0.481 e. The average molecular weight is 974 g/mol. The van der Waals surface area contributed by atoms with E-state index in [1.807, 2.05) is 19.9 Å². The van der Waals surface area contributed by atoms with Crippen molar-refractivity contribution in [2.75, 3.05) is 19.8 Å². The fourth-order valence-electron chi connectivity index (χ4n) is 9.05. The number of hydrogen-bond donors (Lipinski definition) is 1. The van der Waals surface area contributed by atoms with E-state index < -0.39 is 56.1 Å². The molecule has 0 aromatic heterocycles. The van der Waals surface area contributed by atoms with Gasteiger partial charge >= 0.3 is 23.9 Å². The molecule has 0 aliphatic carbocycles. The summed E-state index contributed by atoms with van der Waals surface area (Å²) < 4.78 is 24.0. The van der Waals surface area contributed by atoms with Crippen LogP contribution in [0.25, 0.3) is 0 Å². The molecule has 0 fully saturated rings. The van der Waals surface area contributed by atoms with Crippen LogP contribution in [0.5, 0.6) is 0 Å². The fourth-order valence-corrected chi connectivity index (χ4v) is 10.1. The molecule has 1 aromatic carbocycles. The highest BCUT2D eigenvalue weighted by Crippen LogP contribution is 2.41. The average Bonchev–Trinajstić information content (AvgIpc) is 3.25. The van der Waals surface area contributed by atoms with E-state index in [2.05, 4.69) is 67.6 Å². The third-order valence-corrected chi connectivity index (χ3v) is 18.9. The quantitative estimate of drug-likeness (QED) is 0.0295. The molecular formula is C58H104O9Si. The lowest BCUT2D eigenvalue weighted by Gasteiger charge is -2.38. The number of carbonyl (C=O) groups is 4. The molecule has 1 atom stereocenters. The molecule has 1 rings (SSSR count). The van der Waals surface area contributed by atoms with E-state index in [1.54, 1.807) is 0 Å². The van der Waals surface area contributed by atoms with Crippen LogP contribution in [0.1, 0.15) is 269 Å². The molecule has 1 N–H and O–H groups in total. The van der Waals surface area contributed by atoms with Crippen LogP contribution >= 0.6 is 0 Å². The van der Waals surface area contributed by atoms with Gasteiger partial charge in [0, 0.05) is 19.4 Å². The normalized spacial score (nSPS) is 12.6. The number of carboxylic acids is 1. The van der Waals surface area contributed by atoms with Crippen molar-refractivity contribution in [3.63, 3.8) is 0 Å². The fraction of sp³-hybridized carbons (Fsp3) is 0.828. The minimum atomic E-state index is -2.02. The van der Waals surface area contributed by atoms with Crippen LogP contribution < -0.4 is 0 Å². The Morgan fingerprint density at radius 3 is 1.34 bits per heavy atom. The van der Waals surface area contributed by atoms with Gasteiger partial charge in [-0.05, 0) is 73.3 Å². The van der Waals surface area contributed by atoms with E-state index >= 15 is 0 Å².